The van der Waals surface area contributed by atoms with E-state index in [1.807, 2.05) is 0 Å². The van der Waals surface area contributed by atoms with E-state index in [-0.39, 0.29) is 0 Å². The second-order valence-corrected chi connectivity index (χ2v) is 10.8. The van der Waals surface area contributed by atoms with E-state index in [0.29, 0.717) is 12.0 Å². The molecule has 0 saturated carbocycles. The summed E-state index contributed by atoms with van der Waals surface area (Å²) in [6, 6.07) is 0.616. The topological polar surface area (TPSA) is 19.7 Å². The normalized spacial score (nSPS) is 13.5. The van der Waals surface area contributed by atoms with Gasteiger partial charge in [0.1, 0.15) is 12.4 Å². The van der Waals surface area contributed by atoms with Crippen LogP contribution in [0.25, 0.3) is 0 Å². The van der Waals surface area contributed by atoms with Crippen molar-refractivity contribution in [2.45, 2.75) is 181 Å². The molecule has 0 fully saturated rings. The van der Waals surface area contributed by atoms with Crippen LogP contribution in [-0.4, -0.2) is 4.98 Å². The molecule has 0 aromatic carbocycles. The average Bonchev–Trinajstić information content (AvgIpc) is 3.30. The molecule has 194 valence electrons. The van der Waals surface area contributed by atoms with Gasteiger partial charge in [0.2, 0.25) is 0 Å². The molecule has 1 aromatic rings. The van der Waals surface area contributed by atoms with Gasteiger partial charge in [-0.15, -0.1) is 0 Å². The summed E-state index contributed by atoms with van der Waals surface area (Å²) in [4.78, 5) is 3.66. The molecule has 0 amide bonds. The third-order valence-electron chi connectivity index (χ3n) is 7.62. The van der Waals surface area contributed by atoms with Gasteiger partial charge in [0.25, 0.3) is 5.82 Å². The van der Waals surface area contributed by atoms with Gasteiger partial charge in [-0.1, -0.05) is 143 Å². The largest absolute Gasteiger partial charge is 0.257 e. The Morgan fingerprint density at radius 1 is 0.576 bits per heavy atom. The summed E-state index contributed by atoms with van der Waals surface area (Å²) in [6.45, 7) is 9.32. The van der Waals surface area contributed by atoms with Crippen LogP contribution < -0.4 is 4.57 Å². The van der Waals surface area contributed by atoms with Gasteiger partial charge in [-0.2, -0.15) is 0 Å². The van der Waals surface area contributed by atoms with Gasteiger partial charge in [0.15, 0.2) is 0 Å². The van der Waals surface area contributed by atoms with Crippen molar-refractivity contribution in [1.29, 1.82) is 0 Å². The van der Waals surface area contributed by atoms with Crippen molar-refractivity contribution in [3.8, 4) is 0 Å². The molecule has 1 N–H and O–H groups in total. The van der Waals surface area contributed by atoms with E-state index in [9.17, 15) is 0 Å². The van der Waals surface area contributed by atoms with Crippen LogP contribution in [-0.2, 0) is 0 Å². The molecule has 2 unspecified atom stereocenters. The molecule has 1 rings (SSSR count). The minimum atomic E-state index is 0.616. The van der Waals surface area contributed by atoms with E-state index in [1.54, 1.807) is 0 Å². The highest BCUT2D eigenvalue weighted by Gasteiger charge is 2.25. The number of unbranched alkanes of at least 4 members (excludes halogenated alkanes) is 16. The zero-order chi connectivity index (χ0) is 24.0. The number of imidazole rings is 1. The first-order valence-electron chi connectivity index (χ1n) is 15.3. The molecule has 33 heavy (non-hydrogen) atoms. The minimum absolute atomic E-state index is 0.616. The van der Waals surface area contributed by atoms with Gasteiger partial charge in [0, 0.05) is 0 Å². The van der Waals surface area contributed by atoms with Gasteiger partial charge in [-0.25, -0.2) is 9.55 Å². The van der Waals surface area contributed by atoms with E-state index in [2.05, 4.69) is 49.6 Å². The van der Waals surface area contributed by atoms with Crippen LogP contribution in [0.5, 0.6) is 0 Å². The first-order chi connectivity index (χ1) is 16.2. The van der Waals surface area contributed by atoms with Crippen molar-refractivity contribution in [1.82, 2.24) is 4.98 Å². The standard InChI is InChI=1S/C31H60N2/c1-5-8-10-12-13-14-15-16-17-18-19-21-23-26-30(25-22-20-11-9-6-2)31-32-27-28-33(31)29(4)24-7-3/h27-30H,5-26H2,1-4H3/p+1. The number of aromatic amines is 1. The SMILES string of the molecule is CCCCCCCCCCCCCCCC(CCCCCCC)c1[nH]cc[n+]1C(C)CCC. The van der Waals surface area contributed by atoms with Crippen molar-refractivity contribution in [2.75, 3.05) is 0 Å². The zero-order valence-corrected chi connectivity index (χ0v) is 23.3. The molecule has 0 aliphatic carbocycles. The lowest BCUT2D eigenvalue weighted by atomic mass is 9.93. The van der Waals surface area contributed by atoms with Crippen molar-refractivity contribution < 1.29 is 4.57 Å². The monoisotopic (exact) mass is 461 g/mol. The summed E-state index contributed by atoms with van der Waals surface area (Å²) >= 11 is 0. The zero-order valence-electron chi connectivity index (χ0n) is 23.3. The highest BCUT2D eigenvalue weighted by molar-refractivity contribution is 4.90. The summed E-state index contributed by atoms with van der Waals surface area (Å²) in [5, 5.41) is 0. The predicted molar refractivity (Wildman–Crippen MR) is 147 cm³/mol. The number of nitrogens with one attached hydrogen (secondary N) is 1. The van der Waals surface area contributed by atoms with Gasteiger partial charge in [-0.05, 0) is 26.2 Å². The Hall–Kier alpha value is -0.790. The molecule has 1 heterocycles. The van der Waals surface area contributed by atoms with Crippen molar-refractivity contribution >= 4 is 0 Å². The number of hydrogen-bond acceptors (Lipinski definition) is 0. The Morgan fingerprint density at radius 3 is 1.42 bits per heavy atom. The van der Waals surface area contributed by atoms with Crippen LogP contribution in [0, 0.1) is 0 Å². The third-order valence-corrected chi connectivity index (χ3v) is 7.62. The van der Waals surface area contributed by atoms with Gasteiger partial charge >= 0.3 is 0 Å². The van der Waals surface area contributed by atoms with Crippen molar-refractivity contribution in [3.05, 3.63) is 18.2 Å². The lowest BCUT2D eigenvalue weighted by molar-refractivity contribution is -0.727. The molecule has 1 aromatic heterocycles. The smallest absolute Gasteiger partial charge is 0.247 e. The maximum atomic E-state index is 3.66. The summed E-state index contributed by atoms with van der Waals surface area (Å²) in [6.07, 6.45) is 35.5. The summed E-state index contributed by atoms with van der Waals surface area (Å²) < 4.78 is 2.56. The summed E-state index contributed by atoms with van der Waals surface area (Å²) in [5.74, 6) is 2.22. The lowest BCUT2D eigenvalue weighted by Crippen LogP contribution is -2.41. The van der Waals surface area contributed by atoms with Gasteiger partial charge < -0.3 is 0 Å². The molecule has 0 spiro atoms. The third kappa shape index (κ3) is 14.9. The van der Waals surface area contributed by atoms with E-state index >= 15 is 0 Å². The van der Waals surface area contributed by atoms with Crippen LogP contribution in [0.2, 0.25) is 0 Å². The molecule has 0 aliphatic rings. The van der Waals surface area contributed by atoms with E-state index in [1.165, 1.54) is 147 Å². The highest BCUT2D eigenvalue weighted by atomic mass is 15.1. The van der Waals surface area contributed by atoms with Crippen LogP contribution in [0.1, 0.15) is 187 Å². The Balaban J connectivity index is 2.28. The minimum Gasteiger partial charge on any atom is -0.247 e. The lowest BCUT2D eigenvalue weighted by Gasteiger charge is -2.17. The van der Waals surface area contributed by atoms with Crippen molar-refractivity contribution in [2.24, 2.45) is 0 Å². The fourth-order valence-electron chi connectivity index (χ4n) is 5.45. The Bertz CT molecular complexity index is 521. The fourth-order valence-corrected chi connectivity index (χ4v) is 5.45. The number of H-pyrrole nitrogens is 1. The Labute approximate surface area is 208 Å². The summed E-state index contributed by atoms with van der Waals surface area (Å²) in [7, 11) is 0. The van der Waals surface area contributed by atoms with Gasteiger partial charge in [-0.3, -0.25) is 0 Å². The molecule has 2 heteroatoms. The predicted octanol–water partition coefficient (Wildman–Crippen LogP) is 10.6. The first kappa shape index (κ1) is 30.2. The molecule has 0 aliphatic heterocycles. The van der Waals surface area contributed by atoms with Crippen molar-refractivity contribution in [3.63, 3.8) is 0 Å². The second-order valence-electron chi connectivity index (χ2n) is 10.8. The highest BCUT2D eigenvalue weighted by Crippen LogP contribution is 2.27. The molecule has 2 nitrogen and oxygen atoms in total. The Kier molecular flexibility index (Phi) is 19.9. The van der Waals surface area contributed by atoms with E-state index < -0.39 is 0 Å². The van der Waals surface area contributed by atoms with Crippen LogP contribution >= 0.6 is 0 Å². The number of rotatable bonds is 24. The van der Waals surface area contributed by atoms with Gasteiger partial charge in [0.05, 0.1) is 12.0 Å². The van der Waals surface area contributed by atoms with E-state index in [0.717, 1.165) is 0 Å². The molecule has 0 saturated heterocycles. The maximum absolute atomic E-state index is 3.66. The van der Waals surface area contributed by atoms with Crippen LogP contribution in [0.4, 0.5) is 0 Å². The number of nitrogens with zero attached hydrogens (tertiary/aromatic N) is 1. The molecule has 0 bridgehead atoms. The molecular weight excluding hydrogens is 400 g/mol. The maximum Gasteiger partial charge on any atom is 0.257 e. The summed E-state index contributed by atoms with van der Waals surface area (Å²) in [5.41, 5.74) is 0. The molecular formula is C31H61N2+. The number of aromatic nitrogens is 2. The second kappa shape index (κ2) is 21.7. The molecule has 0 radical (unpaired) electrons. The Morgan fingerprint density at radius 2 is 1.00 bits per heavy atom. The van der Waals surface area contributed by atoms with Crippen LogP contribution in [0.15, 0.2) is 12.4 Å². The molecule has 2 atom stereocenters. The number of hydrogen-bond donors (Lipinski definition) is 1. The fraction of sp³-hybridized carbons (Fsp3) is 0.903. The quantitative estimate of drug-likeness (QED) is 0.117. The first-order valence-corrected chi connectivity index (χ1v) is 15.3. The van der Waals surface area contributed by atoms with Crippen LogP contribution in [0.3, 0.4) is 0 Å². The van der Waals surface area contributed by atoms with E-state index in [4.69, 9.17) is 0 Å². The average molecular weight is 462 g/mol.